The van der Waals surface area contributed by atoms with Gasteiger partial charge in [0.2, 0.25) is 0 Å². The molecule has 2 amide bonds. The zero-order chi connectivity index (χ0) is 15.5. The SMILES string of the molecule is CC(C)(C)OC(=O)NC1CCCN(C(=O)c2ccco2)C1. The highest BCUT2D eigenvalue weighted by Gasteiger charge is 2.28. The van der Waals surface area contributed by atoms with Crippen LogP contribution < -0.4 is 5.32 Å². The maximum atomic E-state index is 12.2. The molecule has 6 nitrogen and oxygen atoms in total. The standard InChI is InChI=1S/C15H22N2O4/c1-15(2,3)21-14(19)16-11-6-4-8-17(10-11)13(18)12-7-5-9-20-12/h5,7,9,11H,4,6,8,10H2,1-3H3,(H,16,19). The second kappa shape index (κ2) is 6.20. The number of nitrogens with one attached hydrogen (secondary N) is 1. The first kappa shape index (κ1) is 15.4. The van der Waals surface area contributed by atoms with Gasteiger partial charge in [0.05, 0.1) is 6.26 Å². The van der Waals surface area contributed by atoms with E-state index in [0.29, 0.717) is 18.8 Å². The highest BCUT2D eigenvalue weighted by atomic mass is 16.6. The van der Waals surface area contributed by atoms with E-state index in [-0.39, 0.29) is 11.9 Å². The molecule has 21 heavy (non-hydrogen) atoms. The Bertz CT molecular complexity index is 490. The van der Waals surface area contributed by atoms with Crippen LogP contribution in [0.4, 0.5) is 4.79 Å². The summed E-state index contributed by atoms with van der Waals surface area (Å²) < 4.78 is 10.4. The van der Waals surface area contributed by atoms with Crippen LogP contribution in [0.1, 0.15) is 44.2 Å². The Labute approximate surface area is 124 Å². The molecule has 1 saturated heterocycles. The topological polar surface area (TPSA) is 71.8 Å². The van der Waals surface area contributed by atoms with E-state index in [1.165, 1.54) is 6.26 Å². The number of hydrogen-bond donors (Lipinski definition) is 1. The molecule has 1 aromatic heterocycles. The zero-order valence-electron chi connectivity index (χ0n) is 12.7. The van der Waals surface area contributed by atoms with Gasteiger partial charge in [0.1, 0.15) is 5.60 Å². The molecule has 0 bridgehead atoms. The van der Waals surface area contributed by atoms with Crippen LogP contribution in [0.5, 0.6) is 0 Å². The van der Waals surface area contributed by atoms with Gasteiger partial charge < -0.3 is 19.4 Å². The molecule has 1 N–H and O–H groups in total. The van der Waals surface area contributed by atoms with Crippen LogP contribution in [0, 0.1) is 0 Å². The zero-order valence-corrected chi connectivity index (χ0v) is 12.7. The minimum atomic E-state index is -0.525. The Hall–Kier alpha value is -1.98. The smallest absolute Gasteiger partial charge is 0.407 e. The van der Waals surface area contributed by atoms with Gasteiger partial charge in [0.25, 0.3) is 5.91 Å². The van der Waals surface area contributed by atoms with E-state index in [4.69, 9.17) is 9.15 Å². The lowest BCUT2D eigenvalue weighted by atomic mass is 10.1. The highest BCUT2D eigenvalue weighted by molar-refractivity contribution is 5.91. The van der Waals surface area contributed by atoms with Crippen molar-refractivity contribution in [2.24, 2.45) is 0 Å². The molecule has 1 unspecified atom stereocenters. The van der Waals surface area contributed by atoms with E-state index in [0.717, 1.165) is 12.8 Å². The van der Waals surface area contributed by atoms with E-state index in [9.17, 15) is 9.59 Å². The third kappa shape index (κ3) is 4.51. The summed E-state index contributed by atoms with van der Waals surface area (Å²) in [5.41, 5.74) is -0.525. The summed E-state index contributed by atoms with van der Waals surface area (Å²) >= 11 is 0. The molecule has 0 aromatic carbocycles. The number of carbonyl (C=O) groups is 2. The first-order valence-corrected chi connectivity index (χ1v) is 7.17. The van der Waals surface area contributed by atoms with Crippen molar-refractivity contribution in [3.05, 3.63) is 24.2 Å². The summed E-state index contributed by atoms with van der Waals surface area (Å²) in [4.78, 5) is 25.7. The summed E-state index contributed by atoms with van der Waals surface area (Å²) in [5.74, 6) is 0.184. The second-order valence-electron chi connectivity index (χ2n) is 6.21. The van der Waals surface area contributed by atoms with Crippen molar-refractivity contribution in [3.63, 3.8) is 0 Å². The fourth-order valence-electron chi connectivity index (χ4n) is 2.31. The van der Waals surface area contributed by atoms with E-state index < -0.39 is 11.7 Å². The minimum absolute atomic E-state index is 0.0903. The van der Waals surface area contributed by atoms with Gasteiger partial charge in [-0.3, -0.25) is 4.79 Å². The van der Waals surface area contributed by atoms with Crippen LogP contribution in [0.25, 0.3) is 0 Å². The fourth-order valence-corrected chi connectivity index (χ4v) is 2.31. The van der Waals surface area contributed by atoms with E-state index in [2.05, 4.69) is 5.32 Å². The molecule has 1 aromatic rings. The predicted molar refractivity (Wildman–Crippen MR) is 77.0 cm³/mol. The molecule has 0 saturated carbocycles. The summed E-state index contributed by atoms with van der Waals surface area (Å²) in [6.07, 6.45) is 2.71. The number of carbonyl (C=O) groups excluding carboxylic acids is 2. The normalized spacial score (nSPS) is 19.2. The van der Waals surface area contributed by atoms with Crippen molar-refractivity contribution in [1.29, 1.82) is 0 Å². The monoisotopic (exact) mass is 294 g/mol. The molecule has 2 heterocycles. The number of alkyl carbamates (subject to hydrolysis) is 1. The molecule has 2 rings (SSSR count). The first-order valence-electron chi connectivity index (χ1n) is 7.17. The van der Waals surface area contributed by atoms with Gasteiger partial charge in [0, 0.05) is 19.1 Å². The number of furan rings is 1. The van der Waals surface area contributed by atoms with E-state index in [1.807, 2.05) is 20.8 Å². The van der Waals surface area contributed by atoms with Gasteiger partial charge in [-0.1, -0.05) is 0 Å². The molecule has 1 fully saturated rings. The van der Waals surface area contributed by atoms with Gasteiger partial charge in [-0.2, -0.15) is 0 Å². The van der Waals surface area contributed by atoms with Crippen molar-refractivity contribution in [2.45, 2.75) is 45.3 Å². The molecule has 1 atom stereocenters. The highest BCUT2D eigenvalue weighted by Crippen LogP contribution is 2.15. The Kier molecular flexibility index (Phi) is 4.55. The molecular weight excluding hydrogens is 272 g/mol. The molecule has 6 heteroatoms. The lowest BCUT2D eigenvalue weighted by Gasteiger charge is -2.33. The number of rotatable bonds is 2. The third-order valence-electron chi connectivity index (χ3n) is 3.16. The molecule has 0 aliphatic carbocycles. The summed E-state index contributed by atoms with van der Waals surface area (Å²) in [6.45, 7) is 6.60. The van der Waals surface area contributed by atoms with Crippen LogP contribution >= 0.6 is 0 Å². The average Bonchev–Trinajstić information content (AvgIpc) is 2.89. The van der Waals surface area contributed by atoms with Crippen molar-refractivity contribution in [1.82, 2.24) is 10.2 Å². The Morgan fingerprint density at radius 3 is 2.81 bits per heavy atom. The second-order valence-corrected chi connectivity index (χ2v) is 6.21. The predicted octanol–water partition coefficient (Wildman–Crippen LogP) is 2.41. The van der Waals surface area contributed by atoms with Crippen LogP contribution in [0.15, 0.2) is 22.8 Å². The van der Waals surface area contributed by atoms with Gasteiger partial charge in [-0.15, -0.1) is 0 Å². The number of likely N-dealkylation sites (tertiary alicyclic amines) is 1. The minimum Gasteiger partial charge on any atom is -0.459 e. The van der Waals surface area contributed by atoms with Gasteiger partial charge in [-0.05, 0) is 45.7 Å². The molecule has 0 spiro atoms. The van der Waals surface area contributed by atoms with E-state index >= 15 is 0 Å². The number of ether oxygens (including phenoxy) is 1. The Morgan fingerprint density at radius 1 is 1.43 bits per heavy atom. The Balaban J connectivity index is 1.89. The van der Waals surface area contributed by atoms with Crippen LogP contribution in [0.3, 0.4) is 0 Å². The van der Waals surface area contributed by atoms with Crippen molar-refractivity contribution in [3.8, 4) is 0 Å². The third-order valence-corrected chi connectivity index (χ3v) is 3.16. The van der Waals surface area contributed by atoms with Crippen LogP contribution in [-0.2, 0) is 4.74 Å². The molecule has 0 radical (unpaired) electrons. The average molecular weight is 294 g/mol. The number of piperidine rings is 1. The van der Waals surface area contributed by atoms with Crippen molar-refractivity contribution >= 4 is 12.0 Å². The fraction of sp³-hybridized carbons (Fsp3) is 0.600. The molecule has 1 aliphatic heterocycles. The van der Waals surface area contributed by atoms with Crippen molar-refractivity contribution < 1.29 is 18.7 Å². The summed E-state index contributed by atoms with van der Waals surface area (Å²) in [7, 11) is 0. The van der Waals surface area contributed by atoms with Crippen LogP contribution in [-0.4, -0.2) is 41.6 Å². The van der Waals surface area contributed by atoms with E-state index in [1.54, 1.807) is 17.0 Å². The van der Waals surface area contributed by atoms with Gasteiger partial charge in [0.15, 0.2) is 5.76 Å². The molecule has 1 aliphatic rings. The number of nitrogens with zero attached hydrogens (tertiary/aromatic N) is 1. The lowest BCUT2D eigenvalue weighted by molar-refractivity contribution is 0.0447. The maximum Gasteiger partial charge on any atom is 0.407 e. The molecule has 116 valence electrons. The number of amides is 2. The molecular formula is C15H22N2O4. The Morgan fingerprint density at radius 2 is 2.19 bits per heavy atom. The quantitative estimate of drug-likeness (QED) is 0.909. The number of hydrogen-bond acceptors (Lipinski definition) is 4. The summed E-state index contributed by atoms with van der Waals surface area (Å²) in [6, 6.07) is 3.24. The van der Waals surface area contributed by atoms with Gasteiger partial charge >= 0.3 is 6.09 Å². The first-order chi connectivity index (χ1) is 9.85. The maximum absolute atomic E-state index is 12.2. The lowest BCUT2D eigenvalue weighted by Crippen LogP contribution is -2.50. The van der Waals surface area contributed by atoms with Crippen molar-refractivity contribution in [2.75, 3.05) is 13.1 Å². The largest absolute Gasteiger partial charge is 0.459 e. The summed E-state index contributed by atoms with van der Waals surface area (Å²) in [5, 5.41) is 2.82. The van der Waals surface area contributed by atoms with Gasteiger partial charge in [-0.25, -0.2) is 4.79 Å². The van der Waals surface area contributed by atoms with Crippen LogP contribution in [0.2, 0.25) is 0 Å².